The van der Waals surface area contributed by atoms with E-state index in [2.05, 4.69) is 9.88 Å². The maximum Gasteiger partial charge on any atom is 0.417 e. The van der Waals surface area contributed by atoms with Crippen LogP contribution in [0.1, 0.15) is 33.7 Å². The Hall–Kier alpha value is -2.41. The zero-order valence-corrected chi connectivity index (χ0v) is 15.2. The molecule has 0 N–H and O–H groups in total. The van der Waals surface area contributed by atoms with Crippen molar-refractivity contribution >= 4 is 5.91 Å². The van der Waals surface area contributed by atoms with Gasteiger partial charge in [0.2, 0.25) is 0 Å². The van der Waals surface area contributed by atoms with Crippen LogP contribution in [-0.2, 0) is 12.7 Å². The number of aryl methyl sites for hydroxylation is 1. The summed E-state index contributed by atoms with van der Waals surface area (Å²) in [6, 6.07) is 10.8. The molecule has 1 aliphatic rings. The Morgan fingerprint density at radius 3 is 2.56 bits per heavy atom. The van der Waals surface area contributed by atoms with Crippen LogP contribution in [0, 0.1) is 6.92 Å². The van der Waals surface area contributed by atoms with Crippen molar-refractivity contribution in [3.05, 3.63) is 65.0 Å². The molecule has 2 aromatic rings. The van der Waals surface area contributed by atoms with Gasteiger partial charge in [-0.05, 0) is 37.6 Å². The number of pyridine rings is 1. The second-order valence-electron chi connectivity index (χ2n) is 6.74. The third-order valence-electron chi connectivity index (χ3n) is 4.67. The molecule has 1 aliphatic heterocycles. The fourth-order valence-electron chi connectivity index (χ4n) is 3.34. The molecule has 7 heteroatoms. The van der Waals surface area contributed by atoms with E-state index < -0.39 is 17.6 Å². The minimum absolute atomic E-state index is 0.279. The summed E-state index contributed by atoms with van der Waals surface area (Å²) in [6.07, 6.45) is -3.83. The predicted octanol–water partition coefficient (Wildman–Crippen LogP) is 3.76. The molecule has 0 bridgehead atoms. The van der Waals surface area contributed by atoms with Crippen LogP contribution in [0.3, 0.4) is 0 Å². The summed E-state index contributed by atoms with van der Waals surface area (Å²) in [4.78, 5) is 20.9. The monoisotopic (exact) mass is 377 g/mol. The number of carbonyl (C=O) groups excluding carboxylic acids is 1. The molecule has 0 aliphatic carbocycles. The van der Waals surface area contributed by atoms with Crippen molar-refractivity contribution in [3.8, 4) is 0 Å². The summed E-state index contributed by atoms with van der Waals surface area (Å²) in [5.74, 6) is -0.557. The predicted molar refractivity (Wildman–Crippen MR) is 96.2 cm³/mol. The van der Waals surface area contributed by atoms with Gasteiger partial charge in [-0.2, -0.15) is 13.2 Å². The number of hydrogen-bond donors (Lipinski definition) is 0. The lowest BCUT2D eigenvalue weighted by atomic mass is 10.1. The van der Waals surface area contributed by atoms with Gasteiger partial charge in [-0.25, -0.2) is 0 Å². The van der Waals surface area contributed by atoms with Gasteiger partial charge in [-0.3, -0.25) is 14.7 Å². The van der Waals surface area contributed by atoms with Gasteiger partial charge in [0.25, 0.3) is 5.91 Å². The molecule has 0 unspecified atom stereocenters. The number of hydrogen-bond acceptors (Lipinski definition) is 3. The number of rotatable bonds is 3. The number of carbonyl (C=O) groups is 1. The third-order valence-corrected chi connectivity index (χ3v) is 4.67. The molecule has 1 amide bonds. The maximum absolute atomic E-state index is 13.2. The Balaban J connectivity index is 1.69. The topological polar surface area (TPSA) is 36.4 Å². The Kier molecular flexibility index (Phi) is 5.79. The molecule has 0 spiro atoms. The number of alkyl halides is 3. The Bertz CT molecular complexity index is 807. The largest absolute Gasteiger partial charge is 0.417 e. The van der Waals surface area contributed by atoms with Gasteiger partial charge < -0.3 is 4.90 Å². The molecule has 1 fully saturated rings. The molecule has 1 saturated heterocycles. The first kappa shape index (κ1) is 19.4. The molecule has 0 atom stereocenters. The smallest absolute Gasteiger partial charge is 0.337 e. The zero-order chi connectivity index (χ0) is 19.4. The van der Waals surface area contributed by atoms with Gasteiger partial charge in [-0.1, -0.05) is 18.2 Å². The highest BCUT2D eigenvalue weighted by atomic mass is 19.4. The number of aromatic nitrogens is 1. The minimum Gasteiger partial charge on any atom is -0.337 e. The average molecular weight is 377 g/mol. The van der Waals surface area contributed by atoms with Crippen molar-refractivity contribution in [1.82, 2.24) is 14.8 Å². The molecule has 0 saturated carbocycles. The summed E-state index contributed by atoms with van der Waals surface area (Å²) in [5, 5.41) is 0. The maximum atomic E-state index is 13.2. The first-order valence-corrected chi connectivity index (χ1v) is 8.95. The van der Waals surface area contributed by atoms with Gasteiger partial charge >= 0.3 is 6.18 Å². The van der Waals surface area contributed by atoms with E-state index in [-0.39, 0.29) is 5.56 Å². The van der Waals surface area contributed by atoms with E-state index in [1.165, 1.54) is 23.1 Å². The quantitative estimate of drug-likeness (QED) is 0.817. The van der Waals surface area contributed by atoms with Crippen LogP contribution in [0.2, 0.25) is 0 Å². The minimum atomic E-state index is -4.54. The Morgan fingerprint density at radius 2 is 1.81 bits per heavy atom. The molecular weight excluding hydrogens is 355 g/mol. The summed E-state index contributed by atoms with van der Waals surface area (Å²) < 4.78 is 39.6. The molecular formula is C20H22F3N3O. The van der Waals surface area contributed by atoms with Gasteiger partial charge in [0, 0.05) is 38.4 Å². The van der Waals surface area contributed by atoms with E-state index in [0.29, 0.717) is 32.6 Å². The van der Waals surface area contributed by atoms with Crippen LogP contribution < -0.4 is 0 Å². The van der Waals surface area contributed by atoms with Gasteiger partial charge in [0.05, 0.1) is 16.8 Å². The van der Waals surface area contributed by atoms with Crippen molar-refractivity contribution in [2.75, 3.05) is 26.2 Å². The van der Waals surface area contributed by atoms with Crippen LogP contribution in [0.4, 0.5) is 13.2 Å². The molecule has 2 heterocycles. The van der Waals surface area contributed by atoms with Crippen molar-refractivity contribution in [2.45, 2.75) is 26.1 Å². The summed E-state index contributed by atoms with van der Waals surface area (Å²) in [6.45, 7) is 4.84. The summed E-state index contributed by atoms with van der Waals surface area (Å²) in [5.41, 5.74) is 0.749. The van der Waals surface area contributed by atoms with Gasteiger partial charge in [0.15, 0.2) is 0 Å². The second-order valence-corrected chi connectivity index (χ2v) is 6.74. The lowest BCUT2D eigenvalue weighted by molar-refractivity contribution is -0.138. The second kappa shape index (κ2) is 8.08. The Morgan fingerprint density at radius 1 is 1.04 bits per heavy atom. The number of nitrogens with zero attached hydrogens (tertiary/aromatic N) is 3. The van der Waals surface area contributed by atoms with Crippen LogP contribution in [0.5, 0.6) is 0 Å². The van der Waals surface area contributed by atoms with E-state index >= 15 is 0 Å². The van der Waals surface area contributed by atoms with E-state index in [0.717, 1.165) is 24.0 Å². The van der Waals surface area contributed by atoms with Crippen LogP contribution >= 0.6 is 0 Å². The normalized spacial score (nSPS) is 16.2. The zero-order valence-electron chi connectivity index (χ0n) is 15.2. The fraction of sp³-hybridized carbons (Fsp3) is 0.400. The number of benzene rings is 1. The van der Waals surface area contributed by atoms with E-state index in [1.54, 1.807) is 0 Å². The van der Waals surface area contributed by atoms with Crippen molar-refractivity contribution in [2.24, 2.45) is 0 Å². The van der Waals surface area contributed by atoms with Crippen molar-refractivity contribution < 1.29 is 18.0 Å². The summed E-state index contributed by atoms with van der Waals surface area (Å²) >= 11 is 0. The Labute approximate surface area is 156 Å². The highest BCUT2D eigenvalue weighted by Crippen LogP contribution is 2.32. The highest BCUT2D eigenvalue weighted by Gasteiger charge is 2.36. The molecule has 0 radical (unpaired) electrons. The van der Waals surface area contributed by atoms with Crippen LogP contribution in [-0.4, -0.2) is 46.9 Å². The first-order valence-electron chi connectivity index (χ1n) is 8.95. The molecule has 3 rings (SSSR count). The van der Waals surface area contributed by atoms with Crippen molar-refractivity contribution in [3.63, 3.8) is 0 Å². The van der Waals surface area contributed by atoms with Gasteiger partial charge in [0.1, 0.15) is 0 Å². The average Bonchev–Trinajstić information content (AvgIpc) is 2.86. The molecule has 1 aromatic carbocycles. The lowest BCUT2D eigenvalue weighted by Crippen LogP contribution is -2.36. The van der Waals surface area contributed by atoms with Crippen LogP contribution in [0.25, 0.3) is 0 Å². The lowest BCUT2D eigenvalue weighted by Gasteiger charge is -2.23. The van der Waals surface area contributed by atoms with Crippen LogP contribution in [0.15, 0.2) is 42.5 Å². The van der Waals surface area contributed by atoms with Crippen molar-refractivity contribution in [1.29, 1.82) is 0 Å². The van der Waals surface area contributed by atoms with E-state index in [1.807, 2.05) is 25.1 Å². The van der Waals surface area contributed by atoms with E-state index in [4.69, 9.17) is 0 Å². The van der Waals surface area contributed by atoms with Gasteiger partial charge in [-0.15, -0.1) is 0 Å². The first-order chi connectivity index (χ1) is 12.8. The standard InChI is InChI=1S/C20H22F3N3O/c1-15-6-4-7-16(24-15)14-25-10-5-11-26(13-12-25)19(27)17-8-2-3-9-18(17)20(21,22)23/h2-4,6-9H,5,10-14H2,1H3. The molecule has 4 nitrogen and oxygen atoms in total. The third kappa shape index (κ3) is 4.86. The number of amides is 1. The summed E-state index contributed by atoms with van der Waals surface area (Å²) in [7, 11) is 0. The fourth-order valence-corrected chi connectivity index (χ4v) is 3.34. The van der Waals surface area contributed by atoms with E-state index in [9.17, 15) is 18.0 Å². The molecule has 144 valence electrons. The number of halogens is 3. The molecule has 1 aromatic heterocycles. The molecule has 27 heavy (non-hydrogen) atoms. The highest BCUT2D eigenvalue weighted by molar-refractivity contribution is 5.96. The SMILES string of the molecule is Cc1cccc(CN2CCCN(C(=O)c3ccccc3C(F)(F)F)CC2)n1.